The Bertz CT molecular complexity index is 805. The first kappa shape index (κ1) is 18.6. The van der Waals surface area contributed by atoms with Crippen molar-refractivity contribution in [3.05, 3.63) is 82.2 Å². The van der Waals surface area contributed by atoms with Crippen LogP contribution in [0.2, 0.25) is 0 Å². The van der Waals surface area contributed by atoms with Crippen LogP contribution in [-0.4, -0.2) is 4.98 Å². The van der Waals surface area contributed by atoms with Crippen LogP contribution in [-0.2, 0) is 19.3 Å². The fourth-order valence-corrected chi connectivity index (χ4v) is 4.02. The third kappa shape index (κ3) is 4.15. The summed E-state index contributed by atoms with van der Waals surface area (Å²) in [5.41, 5.74) is 9.86. The lowest BCUT2D eigenvalue weighted by Gasteiger charge is -2.14. The fraction of sp³-hybridized carbons (Fsp3) is 0.400. The number of hydrogen-bond donors (Lipinski definition) is 0. The monoisotopic (exact) mass is 345 g/mol. The van der Waals surface area contributed by atoms with Crippen LogP contribution < -0.4 is 0 Å². The predicted octanol–water partition coefficient (Wildman–Crippen LogP) is 6.70. The lowest BCUT2D eigenvalue weighted by Crippen LogP contribution is -2.00. The molecule has 0 spiro atoms. The van der Waals surface area contributed by atoms with E-state index in [9.17, 15) is 0 Å². The van der Waals surface area contributed by atoms with E-state index in [1.807, 2.05) is 6.20 Å². The fourth-order valence-electron chi connectivity index (χ4n) is 4.02. The van der Waals surface area contributed by atoms with Gasteiger partial charge in [0.25, 0.3) is 0 Å². The summed E-state index contributed by atoms with van der Waals surface area (Å²) in [5, 5.41) is 0. The second kappa shape index (κ2) is 8.98. The summed E-state index contributed by atoms with van der Waals surface area (Å²) in [6.07, 6.45) is 14.5. The number of aromatic nitrogens is 1. The van der Waals surface area contributed by atoms with Gasteiger partial charge in [-0.05, 0) is 66.9 Å². The SMILES string of the molecule is CC/C=C\C(=C(CC)CC)c1cccnc1Cc1ccc2c(c1)CCC2. The van der Waals surface area contributed by atoms with Crippen LogP contribution in [0.15, 0.2) is 54.3 Å². The molecule has 0 N–H and O–H groups in total. The van der Waals surface area contributed by atoms with Crippen LogP contribution in [0.25, 0.3) is 5.57 Å². The molecule has 136 valence electrons. The molecule has 0 unspecified atom stereocenters. The molecule has 0 saturated carbocycles. The lowest BCUT2D eigenvalue weighted by atomic mass is 9.92. The van der Waals surface area contributed by atoms with Crippen LogP contribution in [0.3, 0.4) is 0 Å². The molecule has 26 heavy (non-hydrogen) atoms. The molecular formula is C25H31N. The van der Waals surface area contributed by atoms with Crippen LogP contribution in [0, 0.1) is 0 Å². The third-order valence-corrected chi connectivity index (χ3v) is 5.47. The number of hydrogen-bond acceptors (Lipinski definition) is 1. The van der Waals surface area contributed by atoms with Gasteiger partial charge in [0.1, 0.15) is 0 Å². The molecule has 1 nitrogen and oxygen atoms in total. The number of pyridine rings is 1. The Morgan fingerprint density at radius 2 is 1.85 bits per heavy atom. The van der Waals surface area contributed by atoms with E-state index in [4.69, 9.17) is 4.98 Å². The molecule has 1 heteroatoms. The Kier molecular flexibility index (Phi) is 6.44. The van der Waals surface area contributed by atoms with E-state index < -0.39 is 0 Å². The first-order valence-corrected chi connectivity index (χ1v) is 10.2. The van der Waals surface area contributed by atoms with Crippen LogP contribution >= 0.6 is 0 Å². The molecule has 1 aromatic heterocycles. The Labute approximate surface area is 158 Å². The highest BCUT2D eigenvalue weighted by atomic mass is 14.7. The van der Waals surface area contributed by atoms with E-state index in [0.717, 1.165) is 25.7 Å². The summed E-state index contributed by atoms with van der Waals surface area (Å²) in [4.78, 5) is 4.78. The Morgan fingerprint density at radius 1 is 1.04 bits per heavy atom. The number of fused-ring (bicyclic) bond motifs is 1. The highest BCUT2D eigenvalue weighted by Gasteiger charge is 2.14. The smallest absolute Gasteiger partial charge is 0.0525 e. The first-order chi connectivity index (χ1) is 12.8. The van der Waals surface area contributed by atoms with Crippen molar-refractivity contribution >= 4 is 5.57 Å². The van der Waals surface area contributed by atoms with Gasteiger partial charge in [-0.2, -0.15) is 0 Å². The summed E-state index contributed by atoms with van der Waals surface area (Å²) in [6.45, 7) is 6.71. The van der Waals surface area contributed by atoms with Crippen molar-refractivity contribution in [2.24, 2.45) is 0 Å². The van der Waals surface area contributed by atoms with Gasteiger partial charge in [0.15, 0.2) is 0 Å². The zero-order valence-corrected chi connectivity index (χ0v) is 16.5. The average molecular weight is 346 g/mol. The van der Waals surface area contributed by atoms with Gasteiger partial charge in [0.05, 0.1) is 5.69 Å². The molecule has 0 radical (unpaired) electrons. The molecule has 0 bridgehead atoms. The summed E-state index contributed by atoms with van der Waals surface area (Å²) in [7, 11) is 0. The topological polar surface area (TPSA) is 12.9 Å². The largest absolute Gasteiger partial charge is 0.260 e. The number of benzene rings is 1. The van der Waals surface area contributed by atoms with E-state index in [0.29, 0.717) is 0 Å². The number of aryl methyl sites for hydroxylation is 2. The normalized spacial score (nSPS) is 13.2. The Morgan fingerprint density at radius 3 is 2.62 bits per heavy atom. The van der Waals surface area contributed by atoms with Gasteiger partial charge in [0, 0.05) is 18.2 Å². The molecule has 2 aromatic rings. The summed E-state index contributed by atoms with van der Waals surface area (Å²) < 4.78 is 0. The molecule has 0 saturated heterocycles. The number of rotatable bonds is 7. The quantitative estimate of drug-likeness (QED) is 0.509. The van der Waals surface area contributed by atoms with Crippen LogP contribution in [0.1, 0.15) is 74.4 Å². The zero-order chi connectivity index (χ0) is 18.4. The molecule has 0 aliphatic heterocycles. The summed E-state index contributed by atoms with van der Waals surface area (Å²) in [5.74, 6) is 0. The van der Waals surface area contributed by atoms with Crippen molar-refractivity contribution in [2.45, 2.75) is 65.7 Å². The van der Waals surface area contributed by atoms with Crippen molar-refractivity contribution in [2.75, 3.05) is 0 Å². The highest BCUT2D eigenvalue weighted by Crippen LogP contribution is 2.29. The summed E-state index contributed by atoms with van der Waals surface area (Å²) in [6, 6.07) is 11.4. The molecule has 1 aliphatic carbocycles. The minimum atomic E-state index is 0.910. The van der Waals surface area contributed by atoms with Crippen molar-refractivity contribution in [3.63, 3.8) is 0 Å². The Balaban J connectivity index is 1.99. The van der Waals surface area contributed by atoms with Gasteiger partial charge < -0.3 is 0 Å². The molecule has 3 rings (SSSR count). The van der Waals surface area contributed by atoms with Gasteiger partial charge in [-0.25, -0.2) is 0 Å². The second-order valence-corrected chi connectivity index (χ2v) is 7.17. The third-order valence-electron chi connectivity index (χ3n) is 5.47. The minimum Gasteiger partial charge on any atom is -0.260 e. The Hall–Kier alpha value is -2.15. The van der Waals surface area contributed by atoms with Gasteiger partial charge in [-0.3, -0.25) is 4.98 Å². The molecule has 1 aromatic carbocycles. The van der Waals surface area contributed by atoms with E-state index in [2.05, 4.69) is 63.3 Å². The standard InChI is InChI=1S/C25H31N/c1-4-7-12-23(20(5-2)6-3)24-13-9-16-26-25(24)18-19-14-15-21-10-8-11-22(21)17-19/h7,9,12-17H,4-6,8,10-11,18H2,1-3H3/b12-7-. The van der Waals surface area contributed by atoms with Gasteiger partial charge >= 0.3 is 0 Å². The van der Waals surface area contributed by atoms with Gasteiger partial charge in [-0.15, -0.1) is 0 Å². The van der Waals surface area contributed by atoms with Gasteiger partial charge in [0.2, 0.25) is 0 Å². The highest BCUT2D eigenvalue weighted by molar-refractivity contribution is 5.78. The molecule has 1 aliphatic rings. The maximum Gasteiger partial charge on any atom is 0.0525 e. The maximum absolute atomic E-state index is 4.78. The lowest BCUT2D eigenvalue weighted by molar-refractivity contribution is 0.911. The van der Waals surface area contributed by atoms with Crippen molar-refractivity contribution < 1.29 is 0 Å². The molecule has 0 amide bonds. The summed E-state index contributed by atoms with van der Waals surface area (Å²) >= 11 is 0. The number of allylic oxidation sites excluding steroid dienone is 4. The van der Waals surface area contributed by atoms with Crippen molar-refractivity contribution in [1.29, 1.82) is 0 Å². The predicted molar refractivity (Wildman–Crippen MR) is 112 cm³/mol. The van der Waals surface area contributed by atoms with Crippen molar-refractivity contribution in [1.82, 2.24) is 4.98 Å². The average Bonchev–Trinajstić information content (AvgIpc) is 3.14. The van der Waals surface area contributed by atoms with E-state index in [1.165, 1.54) is 47.2 Å². The zero-order valence-electron chi connectivity index (χ0n) is 16.5. The van der Waals surface area contributed by atoms with E-state index in [1.54, 1.807) is 11.1 Å². The van der Waals surface area contributed by atoms with Crippen LogP contribution in [0.5, 0.6) is 0 Å². The van der Waals surface area contributed by atoms with E-state index in [-0.39, 0.29) is 0 Å². The molecular weight excluding hydrogens is 314 g/mol. The molecule has 0 fully saturated rings. The first-order valence-electron chi connectivity index (χ1n) is 10.2. The van der Waals surface area contributed by atoms with Crippen LogP contribution in [0.4, 0.5) is 0 Å². The number of nitrogens with zero attached hydrogens (tertiary/aromatic N) is 1. The van der Waals surface area contributed by atoms with Crippen molar-refractivity contribution in [3.8, 4) is 0 Å². The maximum atomic E-state index is 4.78. The van der Waals surface area contributed by atoms with Gasteiger partial charge in [-0.1, -0.05) is 62.8 Å². The van der Waals surface area contributed by atoms with E-state index >= 15 is 0 Å². The molecule has 0 atom stereocenters. The second-order valence-electron chi connectivity index (χ2n) is 7.17. The minimum absolute atomic E-state index is 0.910. The molecule has 1 heterocycles.